The molecule has 9 heteroatoms. The van der Waals surface area contributed by atoms with Gasteiger partial charge in [-0.1, -0.05) is 30.3 Å². The van der Waals surface area contributed by atoms with E-state index in [4.69, 9.17) is 0 Å². The number of aromatic nitrogens is 6. The lowest BCUT2D eigenvalue weighted by Gasteiger charge is -2.14. The number of tetrazole rings is 1. The third kappa shape index (κ3) is 3.21. The van der Waals surface area contributed by atoms with Crippen LogP contribution in [0.4, 0.5) is 10.5 Å². The van der Waals surface area contributed by atoms with Gasteiger partial charge in [0.15, 0.2) is 5.82 Å². The van der Waals surface area contributed by atoms with Gasteiger partial charge in [-0.3, -0.25) is 5.10 Å². The molecule has 1 aromatic carbocycles. The molecule has 0 saturated heterocycles. The first-order valence-corrected chi connectivity index (χ1v) is 8.16. The summed E-state index contributed by atoms with van der Waals surface area (Å²) in [5, 5.41) is 24.4. The van der Waals surface area contributed by atoms with E-state index in [0.717, 1.165) is 24.1 Å². The fourth-order valence-electron chi connectivity index (χ4n) is 2.69. The number of anilines is 1. The minimum Gasteiger partial charge on any atom is -0.328 e. The van der Waals surface area contributed by atoms with Gasteiger partial charge >= 0.3 is 6.03 Å². The maximum Gasteiger partial charge on any atom is 0.319 e. The predicted molar refractivity (Wildman–Crippen MR) is 90.7 cm³/mol. The molecule has 0 unspecified atom stereocenters. The number of hydrogen-bond donors (Lipinski definition) is 3. The van der Waals surface area contributed by atoms with Crippen LogP contribution in [0, 0.1) is 0 Å². The molecule has 2 amide bonds. The number of rotatable bonds is 5. The van der Waals surface area contributed by atoms with Crippen molar-refractivity contribution in [1.82, 2.24) is 35.7 Å². The Hall–Kier alpha value is -3.23. The zero-order chi connectivity index (χ0) is 17.2. The molecule has 0 radical (unpaired) electrons. The SMILES string of the molecule is C[C@H](NC(=O)Nc1cn[nH]c1-c1ccccc1)c1nnnn1C1CC1. The highest BCUT2D eigenvalue weighted by molar-refractivity contribution is 5.93. The van der Waals surface area contributed by atoms with Gasteiger partial charge in [-0.2, -0.15) is 5.10 Å². The Morgan fingerprint density at radius 2 is 2.12 bits per heavy atom. The Kier molecular flexibility index (Phi) is 3.88. The van der Waals surface area contributed by atoms with Crippen LogP contribution in [-0.4, -0.2) is 36.4 Å². The highest BCUT2D eigenvalue weighted by atomic mass is 16.2. The third-order valence-corrected chi connectivity index (χ3v) is 4.10. The molecule has 0 bridgehead atoms. The van der Waals surface area contributed by atoms with Gasteiger partial charge in [0.25, 0.3) is 0 Å². The Morgan fingerprint density at radius 3 is 2.88 bits per heavy atom. The first kappa shape index (κ1) is 15.3. The summed E-state index contributed by atoms with van der Waals surface area (Å²) in [5.74, 6) is 0.660. The maximum absolute atomic E-state index is 12.4. The standard InChI is InChI=1S/C16H18N8O/c1-10(15-21-22-23-24(15)12-7-8-12)18-16(25)19-13-9-17-20-14(13)11-5-3-2-4-6-11/h2-6,9-10,12H,7-8H2,1H3,(H,17,20)(H2,18,19,25)/t10-/m0/s1. The molecule has 3 N–H and O–H groups in total. The van der Waals surface area contributed by atoms with Crippen molar-refractivity contribution < 1.29 is 4.79 Å². The van der Waals surface area contributed by atoms with E-state index in [1.807, 2.05) is 37.3 Å². The van der Waals surface area contributed by atoms with E-state index in [1.165, 1.54) is 0 Å². The van der Waals surface area contributed by atoms with E-state index in [9.17, 15) is 4.79 Å². The Bertz CT molecular complexity index is 867. The number of carbonyl (C=O) groups is 1. The van der Waals surface area contributed by atoms with Crippen LogP contribution in [0.15, 0.2) is 36.5 Å². The molecule has 1 aliphatic carbocycles. The maximum atomic E-state index is 12.4. The van der Waals surface area contributed by atoms with Gasteiger partial charge in [0, 0.05) is 5.56 Å². The molecule has 1 fully saturated rings. The summed E-state index contributed by atoms with van der Waals surface area (Å²) in [6.45, 7) is 1.86. The number of nitrogens with zero attached hydrogens (tertiary/aromatic N) is 5. The van der Waals surface area contributed by atoms with Gasteiger partial charge in [-0.15, -0.1) is 5.10 Å². The molecule has 3 aromatic rings. The topological polar surface area (TPSA) is 113 Å². The van der Waals surface area contributed by atoms with Crippen molar-refractivity contribution in [2.24, 2.45) is 0 Å². The molecule has 9 nitrogen and oxygen atoms in total. The van der Waals surface area contributed by atoms with E-state index in [-0.39, 0.29) is 12.1 Å². The number of benzene rings is 1. The molecule has 2 heterocycles. The molecular formula is C16H18N8O. The first-order valence-electron chi connectivity index (χ1n) is 8.16. The molecule has 4 rings (SSSR count). The molecule has 1 atom stereocenters. The minimum atomic E-state index is -0.337. The second-order valence-corrected chi connectivity index (χ2v) is 6.06. The molecular weight excluding hydrogens is 320 g/mol. The van der Waals surface area contributed by atoms with Crippen LogP contribution < -0.4 is 10.6 Å². The number of amides is 2. The van der Waals surface area contributed by atoms with Crippen molar-refractivity contribution in [3.63, 3.8) is 0 Å². The van der Waals surface area contributed by atoms with E-state index in [1.54, 1.807) is 10.9 Å². The Labute approximate surface area is 143 Å². The average molecular weight is 338 g/mol. The Morgan fingerprint density at radius 1 is 1.32 bits per heavy atom. The summed E-state index contributed by atoms with van der Waals surface area (Å²) in [5.41, 5.74) is 2.31. The molecule has 2 aromatic heterocycles. The van der Waals surface area contributed by atoms with Crippen molar-refractivity contribution in [3.05, 3.63) is 42.4 Å². The lowest BCUT2D eigenvalue weighted by Crippen LogP contribution is -2.32. The summed E-state index contributed by atoms with van der Waals surface area (Å²) in [6, 6.07) is 9.41. The highest BCUT2D eigenvalue weighted by Crippen LogP contribution is 2.35. The molecule has 25 heavy (non-hydrogen) atoms. The van der Waals surface area contributed by atoms with Crippen molar-refractivity contribution in [2.75, 3.05) is 5.32 Å². The number of aromatic amines is 1. The number of nitrogens with one attached hydrogen (secondary N) is 3. The van der Waals surface area contributed by atoms with Crippen molar-refractivity contribution in [1.29, 1.82) is 0 Å². The summed E-state index contributed by atoms with van der Waals surface area (Å²) in [7, 11) is 0. The molecule has 128 valence electrons. The van der Waals surface area contributed by atoms with Gasteiger partial charge in [0.1, 0.15) is 0 Å². The van der Waals surface area contributed by atoms with Crippen molar-refractivity contribution in [3.8, 4) is 11.3 Å². The molecule has 0 aliphatic heterocycles. The lowest BCUT2D eigenvalue weighted by atomic mass is 10.1. The lowest BCUT2D eigenvalue weighted by molar-refractivity contribution is 0.248. The number of urea groups is 1. The number of hydrogen-bond acceptors (Lipinski definition) is 5. The average Bonchev–Trinajstić information content (AvgIpc) is 3.16. The van der Waals surface area contributed by atoms with Crippen molar-refractivity contribution in [2.45, 2.75) is 31.8 Å². The normalized spacial score (nSPS) is 14.9. The van der Waals surface area contributed by atoms with Gasteiger partial charge in [0.05, 0.1) is 29.7 Å². The van der Waals surface area contributed by atoms with Gasteiger partial charge in [0.2, 0.25) is 0 Å². The van der Waals surface area contributed by atoms with E-state index in [0.29, 0.717) is 17.6 Å². The number of H-pyrrole nitrogens is 1. The van der Waals surface area contributed by atoms with Crippen LogP contribution in [0.3, 0.4) is 0 Å². The summed E-state index contributed by atoms with van der Waals surface area (Å²) in [6.07, 6.45) is 3.74. The van der Waals surface area contributed by atoms with Crippen LogP contribution in [0.25, 0.3) is 11.3 Å². The van der Waals surface area contributed by atoms with Crippen LogP contribution >= 0.6 is 0 Å². The van der Waals surface area contributed by atoms with E-state index >= 15 is 0 Å². The zero-order valence-electron chi connectivity index (χ0n) is 13.7. The van der Waals surface area contributed by atoms with Crippen molar-refractivity contribution >= 4 is 11.7 Å². The molecule has 1 aliphatic rings. The molecule has 0 spiro atoms. The quantitative estimate of drug-likeness (QED) is 0.660. The van der Waals surface area contributed by atoms with Crippen LogP contribution in [0.1, 0.15) is 37.7 Å². The fraction of sp³-hybridized carbons (Fsp3) is 0.312. The zero-order valence-corrected chi connectivity index (χ0v) is 13.7. The van der Waals surface area contributed by atoms with Gasteiger partial charge in [-0.25, -0.2) is 9.48 Å². The second kappa shape index (κ2) is 6.34. The van der Waals surface area contributed by atoms with E-state index < -0.39 is 0 Å². The Balaban J connectivity index is 1.44. The minimum absolute atomic E-state index is 0.303. The van der Waals surface area contributed by atoms with E-state index in [2.05, 4.69) is 36.4 Å². The fourth-order valence-corrected chi connectivity index (χ4v) is 2.69. The second-order valence-electron chi connectivity index (χ2n) is 6.06. The largest absolute Gasteiger partial charge is 0.328 e. The van der Waals surface area contributed by atoms with Crippen LogP contribution in [0.5, 0.6) is 0 Å². The monoisotopic (exact) mass is 338 g/mol. The van der Waals surface area contributed by atoms with Crippen LogP contribution in [0.2, 0.25) is 0 Å². The summed E-state index contributed by atoms with van der Waals surface area (Å²) >= 11 is 0. The summed E-state index contributed by atoms with van der Waals surface area (Å²) in [4.78, 5) is 12.4. The predicted octanol–water partition coefficient (Wildman–Crippen LogP) is 2.28. The number of carbonyl (C=O) groups excluding carboxylic acids is 1. The smallest absolute Gasteiger partial charge is 0.319 e. The molecule has 1 saturated carbocycles. The first-order chi connectivity index (χ1) is 12.2. The summed E-state index contributed by atoms with van der Waals surface area (Å²) < 4.78 is 1.79. The van der Waals surface area contributed by atoms with Gasteiger partial charge < -0.3 is 10.6 Å². The third-order valence-electron chi connectivity index (χ3n) is 4.10. The van der Waals surface area contributed by atoms with Gasteiger partial charge in [-0.05, 0) is 30.2 Å². The highest BCUT2D eigenvalue weighted by Gasteiger charge is 2.30. The van der Waals surface area contributed by atoms with Crippen LogP contribution in [-0.2, 0) is 0 Å².